The molecule has 0 unspecified atom stereocenters. The van der Waals surface area contributed by atoms with Gasteiger partial charge in [0.1, 0.15) is 6.04 Å². The molecule has 1 aliphatic heterocycles. The summed E-state index contributed by atoms with van der Waals surface area (Å²) >= 11 is 5.83. The number of hydrogen-bond donors (Lipinski definition) is 1. The van der Waals surface area contributed by atoms with E-state index in [4.69, 9.17) is 21.1 Å². The fourth-order valence-electron chi connectivity index (χ4n) is 2.22. The lowest BCUT2D eigenvalue weighted by atomic mass is 10.0. The number of benzene rings is 1. The summed E-state index contributed by atoms with van der Waals surface area (Å²) < 4.78 is 9.95. The first-order valence-corrected chi connectivity index (χ1v) is 7.18. The Morgan fingerprint density at radius 3 is 2.71 bits per heavy atom. The molecule has 1 aromatic carbocycles. The van der Waals surface area contributed by atoms with E-state index in [-0.39, 0.29) is 11.8 Å². The monoisotopic (exact) mass is 311 g/mol. The van der Waals surface area contributed by atoms with E-state index in [0.717, 1.165) is 5.56 Å². The third kappa shape index (κ3) is 4.44. The summed E-state index contributed by atoms with van der Waals surface area (Å²) in [5.41, 5.74) is 0.901. The van der Waals surface area contributed by atoms with Crippen molar-refractivity contribution in [3.63, 3.8) is 0 Å². The molecule has 0 spiro atoms. The molecule has 0 saturated carbocycles. The number of carbonyl (C=O) groups excluding carboxylic acids is 2. The van der Waals surface area contributed by atoms with Gasteiger partial charge in [-0.05, 0) is 24.1 Å². The predicted octanol–water partition coefficient (Wildman–Crippen LogP) is 1.58. The minimum Gasteiger partial charge on any atom is -0.467 e. The first-order chi connectivity index (χ1) is 10.1. The molecule has 1 amide bonds. The molecule has 1 fully saturated rings. The molecule has 2 atom stereocenters. The zero-order valence-corrected chi connectivity index (χ0v) is 12.6. The molecule has 0 aliphatic carbocycles. The van der Waals surface area contributed by atoms with Crippen LogP contribution in [0.25, 0.3) is 0 Å². The molecule has 21 heavy (non-hydrogen) atoms. The first-order valence-electron chi connectivity index (χ1n) is 6.80. The van der Waals surface area contributed by atoms with Crippen LogP contribution in [0.15, 0.2) is 24.3 Å². The number of nitrogens with one attached hydrogen (secondary N) is 1. The summed E-state index contributed by atoms with van der Waals surface area (Å²) in [6.45, 7) is 0.985. The van der Waals surface area contributed by atoms with Crippen molar-refractivity contribution in [1.29, 1.82) is 0 Å². The summed E-state index contributed by atoms with van der Waals surface area (Å²) in [6, 6.07) is 6.44. The van der Waals surface area contributed by atoms with E-state index in [2.05, 4.69) is 5.32 Å². The molecule has 1 N–H and O–H groups in total. The van der Waals surface area contributed by atoms with Gasteiger partial charge < -0.3 is 14.8 Å². The van der Waals surface area contributed by atoms with Crippen LogP contribution in [0.2, 0.25) is 5.02 Å². The molecule has 1 aliphatic rings. The highest BCUT2D eigenvalue weighted by Gasteiger charge is 2.28. The molecule has 1 aromatic rings. The lowest BCUT2D eigenvalue weighted by molar-refractivity contribution is -0.145. The molecule has 1 saturated heterocycles. The molecular weight excluding hydrogens is 294 g/mol. The Hall–Kier alpha value is -1.59. The molecule has 1 heterocycles. The van der Waals surface area contributed by atoms with Crippen molar-refractivity contribution >= 4 is 23.5 Å². The summed E-state index contributed by atoms with van der Waals surface area (Å²) in [4.78, 5) is 23.9. The second-order valence-electron chi connectivity index (χ2n) is 4.98. The lowest BCUT2D eigenvalue weighted by Crippen LogP contribution is -2.45. The number of hydrogen-bond acceptors (Lipinski definition) is 4. The zero-order chi connectivity index (χ0) is 15.2. The van der Waals surface area contributed by atoms with Crippen LogP contribution in [-0.2, 0) is 25.5 Å². The van der Waals surface area contributed by atoms with Crippen LogP contribution in [0, 0.1) is 5.92 Å². The van der Waals surface area contributed by atoms with Gasteiger partial charge in [-0.3, -0.25) is 4.79 Å². The van der Waals surface area contributed by atoms with E-state index in [1.807, 2.05) is 12.1 Å². The van der Waals surface area contributed by atoms with Gasteiger partial charge in [-0.2, -0.15) is 0 Å². The second-order valence-corrected chi connectivity index (χ2v) is 5.41. The second kappa shape index (κ2) is 7.43. The van der Waals surface area contributed by atoms with Crippen molar-refractivity contribution in [2.24, 2.45) is 5.92 Å². The summed E-state index contributed by atoms with van der Waals surface area (Å²) in [5, 5.41) is 3.37. The smallest absolute Gasteiger partial charge is 0.328 e. The van der Waals surface area contributed by atoms with Crippen LogP contribution in [-0.4, -0.2) is 38.2 Å². The third-order valence-electron chi connectivity index (χ3n) is 3.46. The number of rotatable bonds is 5. The summed E-state index contributed by atoms with van der Waals surface area (Å²) in [7, 11) is 1.31. The summed E-state index contributed by atoms with van der Waals surface area (Å²) in [6.07, 6.45) is 1.05. The Morgan fingerprint density at radius 1 is 1.43 bits per heavy atom. The standard InChI is InChI=1S/C15H18ClNO4/c1-20-15(19)13(8-10-2-4-12(16)5-3-10)17-14(18)11-6-7-21-9-11/h2-5,11,13H,6-9H2,1H3,(H,17,18)/t11-,13+/m1/s1. The van der Waals surface area contributed by atoms with E-state index in [0.29, 0.717) is 31.1 Å². The molecule has 0 bridgehead atoms. The van der Waals surface area contributed by atoms with Crippen LogP contribution in [0.4, 0.5) is 0 Å². The topological polar surface area (TPSA) is 64.6 Å². The average molecular weight is 312 g/mol. The molecule has 5 nitrogen and oxygen atoms in total. The average Bonchev–Trinajstić information content (AvgIpc) is 3.02. The first kappa shape index (κ1) is 15.8. The third-order valence-corrected chi connectivity index (χ3v) is 3.71. The van der Waals surface area contributed by atoms with Gasteiger partial charge in [0.25, 0.3) is 0 Å². The fraction of sp³-hybridized carbons (Fsp3) is 0.467. The Labute approximate surface area is 128 Å². The number of carbonyl (C=O) groups is 2. The molecule has 2 rings (SSSR count). The van der Waals surface area contributed by atoms with Gasteiger partial charge in [0.15, 0.2) is 0 Å². The van der Waals surface area contributed by atoms with Gasteiger partial charge in [0.05, 0.1) is 19.6 Å². The van der Waals surface area contributed by atoms with Crippen LogP contribution in [0.1, 0.15) is 12.0 Å². The van der Waals surface area contributed by atoms with Crippen LogP contribution in [0.5, 0.6) is 0 Å². The fourth-order valence-corrected chi connectivity index (χ4v) is 2.35. The Bertz CT molecular complexity index is 497. The van der Waals surface area contributed by atoms with Gasteiger partial charge in [0, 0.05) is 18.1 Å². The van der Waals surface area contributed by atoms with E-state index >= 15 is 0 Å². The maximum Gasteiger partial charge on any atom is 0.328 e. The molecule has 6 heteroatoms. The number of methoxy groups -OCH3 is 1. The number of halogens is 1. The minimum atomic E-state index is -0.704. The van der Waals surface area contributed by atoms with E-state index < -0.39 is 12.0 Å². The lowest BCUT2D eigenvalue weighted by Gasteiger charge is -2.18. The minimum absolute atomic E-state index is 0.170. The largest absolute Gasteiger partial charge is 0.467 e. The number of esters is 1. The quantitative estimate of drug-likeness (QED) is 0.839. The summed E-state index contributed by atoms with van der Waals surface area (Å²) in [5.74, 6) is -0.823. The highest BCUT2D eigenvalue weighted by Crippen LogP contribution is 2.14. The predicted molar refractivity (Wildman–Crippen MR) is 78.0 cm³/mol. The highest BCUT2D eigenvalue weighted by molar-refractivity contribution is 6.30. The number of ether oxygens (including phenoxy) is 2. The van der Waals surface area contributed by atoms with Gasteiger partial charge in [-0.25, -0.2) is 4.79 Å². The van der Waals surface area contributed by atoms with Crippen molar-refractivity contribution in [2.75, 3.05) is 20.3 Å². The van der Waals surface area contributed by atoms with Gasteiger partial charge in [-0.15, -0.1) is 0 Å². The van der Waals surface area contributed by atoms with Crippen molar-refractivity contribution in [1.82, 2.24) is 5.32 Å². The van der Waals surface area contributed by atoms with Crippen LogP contribution < -0.4 is 5.32 Å². The van der Waals surface area contributed by atoms with E-state index in [1.165, 1.54) is 7.11 Å². The van der Waals surface area contributed by atoms with Crippen molar-refractivity contribution in [2.45, 2.75) is 18.9 Å². The van der Waals surface area contributed by atoms with Gasteiger partial charge in [0.2, 0.25) is 5.91 Å². The Balaban J connectivity index is 2.01. The zero-order valence-electron chi connectivity index (χ0n) is 11.8. The highest BCUT2D eigenvalue weighted by atomic mass is 35.5. The number of amides is 1. The van der Waals surface area contributed by atoms with Gasteiger partial charge in [-0.1, -0.05) is 23.7 Å². The molecule has 0 radical (unpaired) electrons. The van der Waals surface area contributed by atoms with Crippen LogP contribution in [0.3, 0.4) is 0 Å². The van der Waals surface area contributed by atoms with Crippen molar-refractivity contribution in [3.05, 3.63) is 34.9 Å². The molecular formula is C15H18ClNO4. The Kier molecular flexibility index (Phi) is 5.59. The van der Waals surface area contributed by atoms with Crippen molar-refractivity contribution < 1.29 is 19.1 Å². The molecule has 114 valence electrons. The van der Waals surface area contributed by atoms with Crippen LogP contribution >= 0.6 is 11.6 Å². The normalized spacial score (nSPS) is 19.0. The van der Waals surface area contributed by atoms with Crippen molar-refractivity contribution in [3.8, 4) is 0 Å². The maximum absolute atomic E-state index is 12.1. The Morgan fingerprint density at radius 2 is 2.14 bits per heavy atom. The van der Waals surface area contributed by atoms with E-state index in [1.54, 1.807) is 12.1 Å². The SMILES string of the molecule is COC(=O)[C@H](Cc1ccc(Cl)cc1)NC(=O)[C@@H]1CCOC1. The van der Waals surface area contributed by atoms with E-state index in [9.17, 15) is 9.59 Å². The van der Waals surface area contributed by atoms with Gasteiger partial charge >= 0.3 is 5.97 Å². The molecule has 0 aromatic heterocycles. The maximum atomic E-state index is 12.1.